The van der Waals surface area contributed by atoms with Crippen LogP contribution in [0, 0.1) is 0 Å². The number of rotatable bonds is 5. The van der Waals surface area contributed by atoms with Gasteiger partial charge in [-0.05, 0) is 20.8 Å². The summed E-state index contributed by atoms with van der Waals surface area (Å²) in [6.07, 6.45) is 3.22. The van der Waals surface area contributed by atoms with Crippen LogP contribution in [0.2, 0.25) is 0 Å². The molecule has 7 heteroatoms. The molecule has 1 aromatic heterocycles. The van der Waals surface area contributed by atoms with Crippen LogP contribution in [0.1, 0.15) is 27.2 Å². The number of hydrogen-bond acceptors (Lipinski definition) is 4. The molecule has 1 heterocycles. The van der Waals surface area contributed by atoms with Gasteiger partial charge in [0.1, 0.15) is 12.7 Å². The van der Waals surface area contributed by atoms with Crippen LogP contribution >= 0.6 is 0 Å². The summed E-state index contributed by atoms with van der Waals surface area (Å²) < 4.78 is 1.56. The van der Waals surface area contributed by atoms with Gasteiger partial charge in [-0.2, -0.15) is 5.10 Å². The zero-order chi connectivity index (χ0) is 13.6. The molecule has 0 bridgehead atoms. The van der Waals surface area contributed by atoms with Crippen LogP contribution in [-0.2, 0) is 16.1 Å². The predicted octanol–water partition coefficient (Wildman–Crippen LogP) is -0.301. The highest BCUT2D eigenvalue weighted by molar-refractivity contribution is 5.84. The Balaban J connectivity index is 2.19. The monoisotopic (exact) mass is 253 g/mol. The Hall–Kier alpha value is -1.92. The van der Waals surface area contributed by atoms with Gasteiger partial charge in [0, 0.05) is 12.0 Å². The summed E-state index contributed by atoms with van der Waals surface area (Å²) in [4.78, 5) is 26.7. The Kier molecular flexibility index (Phi) is 4.82. The second kappa shape index (κ2) is 6.13. The van der Waals surface area contributed by atoms with Gasteiger partial charge in [0.2, 0.25) is 11.8 Å². The van der Waals surface area contributed by atoms with Crippen LogP contribution in [0.5, 0.6) is 0 Å². The van der Waals surface area contributed by atoms with Crippen molar-refractivity contribution < 1.29 is 9.59 Å². The van der Waals surface area contributed by atoms with E-state index in [9.17, 15) is 9.59 Å². The maximum absolute atomic E-state index is 11.5. The summed E-state index contributed by atoms with van der Waals surface area (Å²) in [7, 11) is 0. The number of carbonyl (C=O) groups excluding carboxylic acids is 2. The zero-order valence-corrected chi connectivity index (χ0v) is 10.9. The standard InChI is InChI=1S/C11H19N5O2/c1-11(2,3)15-10(18)6-13-9(17)4-5-16-8-12-7-14-16/h7-8H,4-6H2,1-3H3,(H,13,17)(H,15,18). The van der Waals surface area contributed by atoms with Crippen molar-refractivity contribution in [1.29, 1.82) is 0 Å². The van der Waals surface area contributed by atoms with E-state index in [2.05, 4.69) is 20.7 Å². The minimum atomic E-state index is -0.289. The largest absolute Gasteiger partial charge is 0.350 e. The van der Waals surface area contributed by atoms with E-state index < -0.39 is 0 Å². The molecule has 0 aliphatic carbocycles. The van der Waals surface area contributed by atoms with Gasteiger partial charge < -0.3 is 10.6 Å². The van der Waals surface area contributed by atoms with Crippen LogP contribution in [-0.4, -0.2) is 38.7 Å². The van der Waals surface area contributed by atoms with E-state index >= 15 is 0 Å². The molecular formula is C11H19N5O2. The first-order valence-corrected chi connectivity index (χ1v) is 5.77. The SMILES string of the molecule is CC(C)(C)NC(=O)CNC(=O)CCn1cncn1. The minimum absolute atomic E-state index is 0.00649. The number of amides is 2. The lowest BCUT2D eigenvalue weighted by Crippen LogP contribution is -2.45. The van der Waals surface area contributed by atoms with Crippen molar-refractivity contribution in [1.82, 2.24) is 25.4 Å². The van der Waals surface area contributed by atoms with E-state index in [4.69, 9.17) is 0 Å². The number of hydrogen-bond donors (Lipinski definition) is 2. The van der Waals surface area contributed by atoms with Gasteiger partial charge in [-0.3, -0.25) is 14.3 Å². The molecule has 100 valence electrons. The third kappa shape index (κ3) is 5.97. The van der Waals surface area contributed by atoms with Crippen molar-refractivity contribution in [2.24, 2.45) is 0 Å². The molecule has 0 aliphatic heterocycles. The smallest absolute Gasteiger partial charge is 0.239 e. The Morgan fingerprint density at radius 3 is 2.56 bits per heavy atom. The second-order valence-corrected chi connectivity index (χ2v) is 4.98. The summed E-state index contributed by atoms with van der Waals surface area (Å²) in [5.41, 5.74) is -0.289. The lowest BCUT2D eigenvalue weighted by molar-refractivity contribution is -0.127. The summed E-state index contributed by atoms with van der Waals surface area (Å²) in [5, 5.41) is 9.20. The molecular weight excluding hydrogens is 234 g/mol. The van der Waals surface area contributed by atoms with Gasteiger partial charge in [0.05, 0.1) is 13.1 Å². The molecule has 18 heavy (non-hydrogen) atoms. The molecule has 0 unspecified atom stereocenters. The Labute approximate surface area is 106 Å². The van der Waals surface area contributed by atoms with Crippen molar-refractivity contribution >= 4 is 11.8 Å². The van der Waals surface area contributed by atoms with Crippen LogP contribution in [0.25, 0.3) is 0 Å². The summed E-state index contributed by atoms with van der Waals surface area (Å²) in [5.74, 6) is -0.383. The molecule has 2 amide bonds. The van der Waals surface area contributed by atoms with Crippen LogP contribution in [0.4, 0.5) is 0 Å². The molecule has 1 rings (SSSR count). The summed E-state index contributed by atoms with van der Waals surface area (Å²) in [6, 6.07) is 0. The molecule has 0 fully saturated rings. The average molecular weight is 253 g/mol. The average Bonchev–Trinajstić information content (AvgIpc) is 2.74. The lowest BCUT2D eigenvalue weighted by Gasteiger charge is -2.20. The highest BCUT2D eigenvalue weighted by Gasteiger charge is 2.14. The topological polar surface area (TPSA) is 88.9 Å². The number of aromatic nitrogens is 3. The maximum Gasteiger partial charge on any atom is 0.239 e. The number of carbonyl (C=O) groups is 2. The van der Waals surface area contributed by atoms with Crippen LogP contribution in [0.15, 0.2) is 12.7 Å². The normalized spacial score (nSPS) is 11.1. The van der Waals surface area contributed by atoms with E-state index in [1.807, 2.05) is 20.8 Å². The third-order valence-electron chi connectivity index (χ3n) is 2.00. The Bertz CT molecular complexity index is 394. The molecule has 0 aliphatic rings. The number of aryl methyl sites for hydroxylation is 1. The zero-order valence-electron chi connectivity index (χ0n) is 10.9. The van der Waals surface area contributed by atoms with Crippen molar-refractivity contribution in [2.75, 3.05) is 6.54 Å². The van der Waals surface area contributed by atoms with E-state index in [0.29, 0.717) is 6.54 Å². The van der Waals surface area contributed by atoms with Crippen molar-refractivity contribution in [2.45, 2.75) is 39.3 Å². The highest BCUT2D eigenvalue weighted by atomic mass is 16.2. The van der Waals surface area contributed by atoms with E-state index in [1.165, 1.54) is 6.33 Å². The van der Waals surface area contributed by atoms with Gasteiger partial charge in [-0.25, -0.2) is 4.98 Å². The van der Waals surface area contributed by atoms with Crippen molar-refractivity contribution in [3.8, 4) is 0 Å². The van der Waals surface area contributed by atoms with Gasteiger partial charge in [-0.1, -0.05) is 0 Å². The van der Waals surface area contributed by atoms with Gasteiger partial charge in [0.15, 0.2) is 0 Å². The fourth-order valence-corrected chi connectivity index (χ4v) is 1.29. The molecule has 0 radical (unpaired) electrons. The van der Waals surface area contributed by atoms with Crippen LogP contribution < -0.4 is 10.6 Å². The highest BCUT2D eigenvalue weighted by Crippen LogP contribution is 1.97. The van der Waals surface area contributed by atoms with Gasteiger partial charge in [-0.15, -0.1) is 0 Å². The molecule has 0 aromatic carbocycles. The number of nitrogens with zero attached hydrogens (tertiary/aromatic N) is 3. The first kappa shape index (κ1) is 14.1. The molecule has 1 aromatic rings. The van der Waals surface area contributed by atoms with Crippen LogP contribution in [0.3, 0.4) is 0 Å². The van der Waals surface area contributed by atoms with E-state index in [0.717, 1.165) is 0 Å². The molecule has 0 saturated heterocycles. The third-order valence-corrected chi connectivity index (χ3v) is 2.00. The van der Waals surface area contributed by atoms with E-state index in [-0.39, 0.29) is 30.3 Å². The first-order chi connectivity index (χ1) is 8.37. The molecule has 2 N–H and O–H groups in total. The summed E-state index contributed by atoms with van der Waals surface area (Å²) in [6.45, 7) is 6.10. The Morgan fingerprint density at radius 2 is 2.00 bits per heavy atom. The fraction of sp³-hybridized carbons (Fsp3) is 0.636. The van der Waals surface area contributed by atoms with E-state index in [1.54, 1.807) is 11.0 Å². The lowest BCUT2D eigenvalue weighted by atomic mass is 10.1. The predicted molar refractivity (Wildman–Crippen MR) is 65.5 cm³/mol. The molecule has 0 atom stereocenters. The summed E-state index contributed by atoms with van der Waals surface area (Å²) >= 11 is 0. The molecule has 0 spiro atoms. The molecule has 0 saturated carbocycles. The van der Waals surface area contributed by atoms with Gasteiger partial charge >= 0.3 is 0 Å². The minimum Gasteiger partial charge on any atom is -0.350 e. The van der Waals surface area contributed by atoms with Crippen molar-refractivity contribution in [3.63, 3.8) is 0 Å². The number of nitrogens with one attached hydrogen (secondary N) is 2. The molecule has 7 nitrogen and oxygen atoms in total. The fourth-order valence-electron chi connectivity index (χ4n) is 1.29. The second-order valence-electron chi connectivity index (χ2n) is 4.98. The quantitative estimate of drug-likeness (QED) is 0.754. The van der Waals surface area contributed by atoms with Crippen molar-refractivity contribution in [3.05, 3.63) is 12.7 Å². The maximum atomic E-state index is 11.5. The Morgan fingerprint density at radius 1 is 1.28 bits per heavy atom. The first-order valence-electron chi connectivity index (χ1n) is 5.77. The van der Waals surface area contributed by atoms with Gasteiger partial charge in [0.25, 0.3) is 0 Å².